The SMILES string of the molecule is O=[P+](O)O[P+](=O)O.OCC(CO)(CO)C(Oc1ccccc1)c1ccccc1. The molecule has 2 aromatic carbocycles. The zero-order valence-corrected chi connectivity index (χ0v) is 16.5. The lowest BCUT2D eigenvalue weighted by atomic mass is 9.80. The molecule has 0 bridgehead atoms. The molecule has 0 aliphatic rings. The fraction of sp³-hybridized carbons (Fsp3) is 0.294. The van der Waals surface area contributed by atoms with E-state index in [0.717, 1.165) is 5.56 Å². The summed E-state index contributed by atoms with van der Waals surface area (Å²) in [7, 11) is -5.85. The van der Waals surface area contributed by atoms with E-state index in [-0.39, 0.29) is 19.8 Å². The molecule has 2 aromatic rings. The highest BCUT2D eigenvalue weighted by atomic mass is 31.2. The van der Waals surface area contributed by atoms with Crippen molar-refractivity contribution in [3.05, 3.63) is 66.2 Å². The van der Waals surface area contributed by atoms with Gasteiger partial charge in [-0.1, -0.05) is 48.5 Å². The van der Waals surface area contributed by atoms with Crippen molar-refractivity contribution in [1.29, 1.82) is 0 Å². The van der Waals surface area contributed by atoms with Gasteiger partial charge in [0, 0.05) is 9.13 Å². The molecule has 0 aliphatic carbocycles. The summed E-state index contributed by atoms with van der Waals surface area (Å²) in [6, 6.07) is 18.4. The summed E-state index contributed by atoms with van der Waals surface area (Å²) >= 11 is 0. The Labute approximate surface area is 163 Å². The van der Waals surface area contributed by atoms with Crippen LogP contribution in [-0.2, 0) is 13.4 Å². The molecule has 11 heteroatoms. The first-order chi connectivity index (χ1) is 13.4. The Morgan fingerprint density at radius 1 is 0.786 bits per heavy atom. The maximum atomic E-state index is 9.69. The summed E-state index contributed by atoms with van der Waals surface area (Å²) in [4.78, 5) is 15.3. The maximum absolute atomic E-state index is 9.69. The van der Waals surface area contributed by atoms with Crippen molar-refractivity contribution in [2.75, 3.05) is 19.8 Å². The molecule has 3 unspecified atom stereocenters. The lowest BCUT2D eigenvalue weighted by Crippen LogP contribution is -2.42. The summed E-state index contributed by atoms with van der Waals surface area (Å²) in [5.74, 6) is 0.617. The van der Waals surface area contributed by atoms with Crippen LogP contribution in [0, 0.1) is 5.41 Å². The molecule has 0 saturated carbocycles. The average Bonchev–Trinajstić information content (AvgIpc) is 2.70. The van der Waals surface area contributed by atoms with E-state index in [4.69, 9.17) is 14.5 Å². The fourth-order valence-electron chi connectivity index (χ4n) is 2.27. The van der Waals surface area contributed by atoms with Crippen molar-refractivity contribution >= 4 is 16.5 Å². The number of para-hydroxylation sites is 1. The Kier molecular flexibility index (Phi) is 10.9. The van der Waals surface area contributed by atoms with Crippen LogP contribution in [0.1, 0.15) is 11.7 Å². The minimum absolute atomic E-state index is 0.383. The minimum Gasteiger partial charge on any atom is -0.485 e. The molecule has 5 N–H and O–H groups in total. The Morgan fingerprint density at radius 2 is 1.21 bits per heavy atom. The molecule has 0 aromatic heterocycles. The second-order valence-corrected chi connectivity index (χ2v) is 7.22. The van der Waals surface area contributed by atoms with E-state index in [9.17, 15) is 24.4 Å². The summed E-state index contributed by atoms with van der Waals surface area (Å²) < 4.78 is 28.1. The first kappa shape index (κ1) is 24.2. The highest BCUT2D eigenvalue weighted by Crippen LogP contribution is 2.37. The highest BCUT2D eigenvalue weighted by molar-refractivity contribution is 7.46. The number of aliphatic hydroxyl groups excluding tert-OH is 3. The van der Waals surface area contributed by atoms with E-state index >= 15 is 0 Å². The topological polar surface area (TPSA) is 154 Å². The zero-order chi connectivity index (χ0) is 21.0. The van der Waals surface area contributed by atoms with Gasteiger partial charge in [0.05, 0.1) is 25.2 Å². The van der Waals surface area contributed by atoms with Gasteiger partial charge in [-0.2, -0.15) is 0 Å². The zero-order valence-electron chi connectivity index (χ0n) is 14.7. The molecule has 152 valence electrons. The normalized spacial score (nSPS) is 13.0. The molecule has 0 aliphatic heterocycles. The lowest BCUT2D eigenvalue weighted by Gasteiger charge is -2.36. The number of rotatable bonds is 9. The standard InChI is InChI=1S/C17H20O4.O5P2/c18-11-17(12-19,13-20)16(14-7-3-1-4-8-14)21-15-9-5-2-6-10-15;1-6(2)5-7(3)4/h1-10,16,18-20H,11-13H2;/p+2. The molecule has 0 radical (unpaired) electrons. The van der Waals surface area contributed by atoms with Gasteiger partial charge in [0.15, 0.2) is 4.31 Å². The van der Waals surface area contributed by atoms with Crippen LogP contribution in [0.2, 0.25) is 0 Å². The number of benzene rings is 2. The van der Waals surface area contributed by atoms with E-state index in [1.54, 1.807) is 12.1 Å². The van der Waals surface area contributed by atoms with Crippen molar-refractivity contribution in [2.45, 2.75) is 6.10 Å². The van der Waals surface area contributed by atoms with Gasteiger partial charge in [0.25, 0.3) is 0 Å². The van der Waals surface area contributed by atoms with Crippen LogP contribution in [-0.4, -0.2) is 44.9 Å². The van der Waals surface area contributed by atoms with Crippen molar-refractivity contribution in [3.63, 3.8) is 0 Å². The van der Waals surface area contributed by atoms with Gasteiger partial charge in [-0.25, -0.2) is 0 Å². The first-order valence-electron chi connectivity index (χ1n) is 7.98. The average molecular weight is 432 g/mol. The quantitative estimate of drug-likeness (QED) is 0.375. The highest BCUT2D eigenvalue weighted by Gasteiger charge is 2.40. The third-order valence-corrected chi connectivity index (χ3v) is 4.86. The van der Waals surface area contributed by atoms with Crippen molar-refractivity contribution in [1.82, 2.24) is 0 Å². The third kappa shape index (κ3) is 7.67. The number of hydrogen-bond donors (Lipinski definition) is 5. The largest absolute Gasteiger partial charge is 0.745 e. The monoisotopic (exact) mass is 432 g/mol. The first-order valence-corrected chi connectivity index (χ1v) is 10.2. The van der Waals surface area contributed by atoms with Gasteiger partial charge in [-0.15, -0.1) is 9.79 Å². The summed E-state index contributed by atoms with van der Waals surface area (Å²) in [6.07, 6.45) is -0.652. The predicted molar refractivity (Wildman–Crippen MR) is 101 cm³/mol. The minimum atomic E-state index is -2.92. The summed E-state index contributed by atoms with van der Waals surface area (Å²) in [5, 5.41) is 29.1. The molecule has 0 spiro atoms. The van der Waals surface area contributed by atoms with E-state index < -0.39 is 28.0 Å². The Balaban J connectivity index is 0.000000480. The predicted octanol–water partition coefficient (Wildman–Crippen LogP) is 2.07. The van der Waals surface area contributed by atoms with Crippen LogP contribution in [0.3, 0.4) is 0 Å². The molecule has 0 heterocycles. The third-order valence-electron chi connectivity index (χ3n) is 3.74. The van der Waals surface area contributed by atoms with Crippen LogP contribution in [0.5, 0.6) is 5.75 Å². The maximum Gasteiger partial charge on any atom is 0.745 e. The smallest absolute Gasteiger partial charge is 0.485 e. The molecule has 9 nitrogen and oxygen atoms in total. The summed E-state index contributed by atoms with van der Waals surface area (Å²) in [5.41, 5.74) is -0.365. The van der Waals surface area contributed by atoms with Crippen molar-refractivity contribution < 1.29 is 43.3 Å². The van der Waals surface area contributed by atoms with Crippen LogP contribution < -0.4 is 4.74 Å². The Morgan fingerprint density at radius 3 is 1.57 bits per heavy atom. The Hall–Kier alpha value is -1.80. The second kappa shape index (κ2) is 12.6. The van der Waals surface area contributed by atoms with Crippen LogP contribution in [0.15, 0.2) is 60.7 Å². The van der Waals surface area contributed by atoms with E-state index in [2.05, 4.69) is 4.31 Å². The lowest BCUT2D eigenvalue weighted by molar-refractivity contribution is -0.0742. The van der Waals surface area contributed by atoms with E-state index in [1.165, 1.54) is 0 Å². The van der Waals surface area contributed by atoms with Crippen LogP contribution in [0.4, 0.5) is 0 Å². The molecular formula is C17H22O9P2+2. The molecular weight excluding hydrogens is 410 g/mol. The van der Waals surface area contributed by atoms with Gasteiger partial charge < -0.3 is 20.1 Å². The van der Waals surface area contributed by atoms with Gasteiger partial charge in [-0.3, -0.25) is 0 Å². The van der Waals surface area contributed by atoms with Gasteiger partial charge in [-0.05, 0) is 17.7 Å². The van der Waals surface area contributed by atoms with Crippen molar-refractivity contribution in [2.24, 2.45) is 5.41 Å². The second-order valence-electron chi connectivity index (χ2n) is 5.62. The van der Waals surface area contributed by atoms with E-state index in [1.807, 2.05) is 48.5 Å². The molecule has 0 amide bonds. The molecule has 3 atom stereocenters. The van der Waals surface area contributed by atoms with E-state index in [0.29, 0.717) is 5.75 Å². The van der Waals surface area contributed by atoms with Gasteiger partial charge in [0.1, 0.15) is 11.9 Å². The molecule has 0 fully saturated rings. The molecule has 0 saturated heterocycles. The summed E-state index contributed by atoms with van der Waals surface area (Å²) in [6.45, 7) is -1.15. The number of hydrogen-bond acceptors (Lipinski definition) is 7. The van der Waals surface area contributed by atoms with Gasteiger partial charge in [0.2, 0.25) is 0 Å². The number of ether oxygens (including phenoxy) is 1. The van der Waals surface area contributed by atoms with Gasteiger partial charge >= 0.3 is 16.5 Å². The molecule has 28 heavy (non-hydrogen) atoms. The fourth-order valence-corrected chi connectivity index (χ4v) is 2.75. The molecule has 2 rings (SSSR count). The van der Waals surface area contributed by atoms with Crippen molar-refractivity contribution in [3.8, 4) is 5.75 Å². The number of aliphatic hydroxyl groups is 3. The van der Waals surface area contributed by atoms with Crippen LogP contribution >= 0.6 is 16.5 Å². The van der Waals surface area contributed by atoms with Crippen LogP contribution in [0.25, 0.3) is 0 Å². The Bertz CT molecular complexity index is 704.